The maximum Gasteiger partial charge on any atom is 0.125 e. The second-order valence-electron chi connectivity index (χ2n) is 7.66. The van der Waals surface area contributed by atoms with Crippen molar-refractivity contribution in [2.24, 2.45) is 0 Å². The topological polar surface area (TPSA) is 98.7 Å². The minimum Gasteiger partial charge on any atom is -0.744 e. The lowest BCUT2D eigenvalue weighted by Gasteiger charge is -2.10. The molecule has 8 heteroatoms. The molecule has 0 aliphatic heterocycles. The zero-order chi connectivity index (χ0) is 25.4. The van der Waals surface area contributed by atoms with Gasteiger partial charge in [0.25, 0.3) is 0 Å². The van der Waals surface area contributed by atoms with Crippen LogP contribution in [0.1, 0.15) is 22.3 Å². The molecule has 0 heterocycles. The van der Waals surface area contributed by atoms with E-state index in [1.165, 1.54) is 12.1 Å². The quantitative estimate of drug-likeness (QED) is 0.0907. The summed E-state index contributed by atoms with van der Waals surface area (Å²) in [6.45, 7) is 0. The van der Waals surface area contributed by atoms with Crippen LogP contribution in [0.3, 0.4) is 0 Å². The number of rotatable bonds is 9. The van der Waals surface area contributed by atoms with E-state index in [0.717, 1.165) is 44.8 Å². The molecule has 0 saturated carbocycles. The van der Waals surface area contributed by atoms with Gasteiger partial charge in [-0.15, -0.1) is 0 Å². The lowest BCUT2D eigenvalue weighted by molar-refractivity contribution is -0.777. The molecule has 0 radical (unpaired) electrons. The second kappa shape index (κ2) is 12.0. The molecule has 0 fully saturated rings. The van der Waals surface area contributed by atoms with Crippen molar-refractivity contribution in [1.29, 1.82) is 0 Å². The molecular formula is C28H20O6S2-2. The molecule has 0 N–H and O–H groups in total. The fourth-order valence-electron chi connectivity index (χ4n) is 3.54. The number of benzene rings is 4. The maximum absolute atomic E-state index is 11.4. The molecule has 0 aliphatic rings. The van der Waals surface area contributed by atoms with Gasteiger partial charge < -0.3 is 9.81 Å². The van der Waals surface area contributed by atoms with Crippen LogP contribution < -0.4 is 5.26 Å². The summed E-state index contributed by atoms with van der Waals surface area (Å²) >= 11 is 0.855. The van der Waals surface area contributed by atoms with Gasteiger partial charge in [-0.3, -0.25) is 5.04 Å². The van der Waals surface area contributed by atoms with Gasteiger partial charge in [-0.2, -0.15) is 4.33 Å². The Bertz CT molecular complexity index is 1480. The predicted octanol–water partition coefficient (Wildman–Crippen LogP) is 5.83. The van der Waals surface area contributed by atoms with Gasteiger partial charge in [-0.25, -0.2) is 8.42 Å². The summed E-state index contributed by atoms with van der Waals surface area (Å²) < 4.78 is 38.8. The highest BCUT2D eigenvalue weighted by Gasteiger charge is 2.05. The highest BCUT2D eigenvalue weighted by molar-refractivity contribution is 7.94. The molecule has 0 unspecified atom stereocenters. The van der Waals surface area contributed by atoms with Crippen LogP contribution in [-0.4, -0.2) is 13.0 Å². The smallest absolute Gasteiger partial charge is 0.125 e. The molecule has 4 aromatic rings. The average Bonchev–Trinajstić information content (AvgIpc) is 2.90. The van der Waals surface area contributed by atoms with Crippen LogP contribution >= 0.6 is 12.0 Å². The molecule has 36 heavy (non-hydrogen) atoms. The lowest BCUT2D eigenvalue weighted by Crippen LogP contribution is -2.01. The molecule has 6 nitrogen and oxygen atoms in total. The van der Waals surface area contributed by atoms with Crippen molar-refractivity contribution in [3.05, 3.63) is 119 Å². The summed E-state index contributed by atoms with van der Waals surface area (Å²) in [5, 5.41) is 13.5. The third kappa shape index (κ3) is 6.79. The lowest BCUT2D eigenvalue weighted by atomic mass is 10.0. The van der Waals surface area contributed by atoms with Crippen molar-refractivity contribution in [1.82, 2.24) is 0 Å². The first kappa shape index (κ1) is 25.6. The molecule has 0 spiro atoms. The van der Waals surface area contributed by atoms with Gasteiger partial charge in [-0.05, 0) is 45.5 Å². The molecule has 0 saturated heterocycles. The first-order valence-corrected chi connectivity index (χ1v) is 12.9. The van der Waals surface area contributed by atoms with E-state index >= 15 is 0 Å². The summed E-state index contributed by atoms with van der Waals surface area (Å²) in [7, 11) is -4.54. The van der Waals surface area contributed by atoms with Crippen molar-refractivity contribution < 1.29 is 27.6 Å². The molecule has 0 aliphatic carbocycles. The van der Waals surface area contributed by atoms with E-state index in [4.69, 9.17) is 0 Å². The van der Waals surface area contributed by atoms with Gasteiger partial charge in [0.1, 0.15) is 10.1 Å². The van der Waals surface area contributed by atoms with Crippen LogP contribution in [0.4, 0.5) is 0 Å². The molecule has 4 rings (SSSR count). The normalized spacial score (nSPS) is 11.9. The maximum atomic E-state index is 11.4. The fraction of sp³-hybridized carbons (Fsp3) is 0. The minimum absolute atomic E-state index is 0.237. The SMILES string of the molecule is O=S(=O)([O-])c1ccccc1/C=C/c1ccc(-c2ccc(/C=C/c3ccccc3SOO[O-])cc2)cc1. The summed E-state index contributed by atoms with van der Waals surface area (Å²) in [6.07, 6.45) is 7.29. The first-order valence-electron chi connectivity index (χ1n) is 10.8. The van der Waals surface area contributed by atoms with E-state index in [9.17, 15) is 18.2 Å². The van der Waals surface area contributed by atoms with Crippen molar-refractivity contribution in [2.45, 2.75) is 9.79 Å². The Morgan fingerprint density at radius 3 is 1.69 bits per heavy atom. The monoisotopic (exact) mass is 516 g/mol. The summed E-state index contributed by atoms with van der Waals surface area (Å²) in [5.41, 5.74) is 5.20. The van der Waals surface area contributed by atoms with Gasteiger partial charge >= 0.3 is 0 Å². The van der Waals surface area contributed by atoms with Crippen molar-refractivity contribution in [2.75, 3.05) is 0 Å². The first-order chi connectivity index (χ1) is 17.4. The summed E-state index contributed by atoms with van der Waals surface area (Å²) in [4.78, 5) is 0.521. The highest BCUT2D eigenvalue weighted by atomic mass is 32.2. The van der Waals surface area contributed by atoms with Crippen LogP contribution in [0.2, 0.25) is 0 Å². The Hall–Kier alpha value is -3.50. The van der Waals surface area contributed by atoms with Gasteiger partial charge in [0.2, 0.25) is 0 Å². The molecule has 0 atom stereocenters. The third-order valence-electron chi connectivity index (χ3n) is 5.32. The van der Waals surface area contributed by atoms with Crippen LogP contribution in [0, 0.1) is 0 Å². The van der Waals surface area contributed by atoms with Gasteiger partial charge in [0, 0.05) is 4.90 Å². The fourth-order valence-corrected chi connectivity index (χ4v) is 4.67. The molecule has 0 bridgehead atoms. The largest absolute Gasteiger partial charge is 0.744 e. The molecule has 4 aromatic carbocycles. The minimum atomic E-state index is -4.54. The third-order valence-corrected chi connectivity index (χ3v) is 6.91. The Kier molecular flexibility index (Phi) is 8.50. The van der Waals surface area contributed by atoms with E-state index in [0.29, 0.717) is 5.56 Å². The van der Waals surface area contributed by atoms with Crippen LogP contribution in [0.25, 0.3) is 35.4 Å². The summed E-state index contributed by atoms with van der Waals surface area (Å²) in [5.74, 6) is 0. The van der Waals surface area contributed by atoms with Crippen molar-refractivity contribution in [3.8, 4) is 11.1 Å². The Balaban J connectivity index is 1.45. The predicted molar refractivity (Wildman–Crippen MR) is 139 cm³/mol. The van der Waals surface area contributed by atoms with E-state index < -0.39 is 10.1 Å². The Morgan fingerprint density at radius 2 is 1.14 bits per heavy atom. The van der Waals surface area contributed by atoms with Crippen molar-refractivity contribution in [3.63, 3.8) is 0 Å². The van der Waals surface area contributed by atoms with Gasteiger partial charge in [-0.1, -0.05) is 109 Å². The van der Waals surface area contributed by atoms with Gasteiger partial charge in [0.15, 0.2) is 0 Å². The van der Waals surface area contributed by atoms with Crippen LogP contribution in [0.5, 0.6) is 0 Å². The highest BCUT2D eigenvalue weighted by Crippen LogP contribution is 2.26. The average molecular weight is 517 g/mol. The van der Waals surface area contributed by atoms with Crippen LogP contribution in [-0.2, 0) is 19.5 Å². The van der Waals surface area contributed by atoms with Crippen molar-refractivity contribution >= 4 is 46.5 Å². The second-order valence-corrected chi connectivity index (χ2v) is 9.75. The molecule has 0 amide bonds. The summed E-state index contributed by atoms with van der Waals surface area (Å²) in [6, 6.07) is 29.5. The van der Waals surface area contributed by atoms with Gasteiger partial charge in [0.05, 0.1) is 16.9 Å². The van der Waals surface area contributed by atoms with E-state index in [1.54, 1.807) is 24.3 Å². The Labute approximate surface area is 214 Å². The molecule has 0 aromatic heterocycles. The zero-order valence-electron chi connectivity index (χ0n) is 18.8. The molecule has 182 valence electrons. The van der Waals surface area contributed by atoms with E-state index in [1.807, 2.05) is 84.9 Å². The van der Waals surface area contributed by atoms with E-state index in [-0.39, 0.29) is 4.90 Å². The Morgan fingerprint density at radius 1 is 0.639 bits per heavy atom. The number of hydrogen-bond acceptors (Lipinski definition) is 7. The zero-order valence-corrected chi connectivity index (χ0v) is 20.4. The standard InChI is InChI=1S/C28H22O6S2/c29-33-34-35-27-7-3-1-5-25(27)19-13-21-9-15-23(16-10-21)24-17-11-22(12-18-24)14-20-26-6-2-4-8-28(26)36(30,31)32/h1-20,29H,(H,30,31,32)/p-2/b19-13+,20-14+. The van der Waals surface area contributed by atoms with E-state index in [2.05, 4.69) is 9.37 Å². The molecular weight excluding hydrogens is 496 g/mol. The number of hydrogen-bond donors (Lipinski definition) is 0. The van der Waals surface area contributed by atoms with Crippen LogP contribution in [0.15, 0.2) is 107 Å².